The predicted molar refractivity (Wildman–Crippen MR) is 76.4 cm³/mol. The predicted octanol–water partition coefficient (Wildman–Crippen LogP) is 1.95. The summed E-state index contributed by atoms with van der Waals surface area (Å²) in [5, 5.41) is 18.8. The number of hydrogen-bond donors (Lipinski definition) is 3. The van der Waals surface area contributed by atoms with E-state index < -0.39 is 0 Å². The second-order valence-corrected chi connectivity index (χ2v) is 4.60. The number of phenols is 2. The molecule has 0 aliphatic rings. The van der Waals surface area contributed by atoms with Gasteiger partial charge in [0.25, 0.3) is 5.91 Å². The summed E-state index contributed by atoms with van der Waals surface area (Å²) in [6.07, 6.45) is 0. The number of phenolic OH excluding ortho intramolecular Hbond substituents is 2. The monoisotopic (exact) mass is 272 g/mol. The van der Waals surface area contributed by atoms with Crippen LogP contribution in [0, 0.1) is 0 Å². The highest BCUT2D eigenvalue weighted by Gasteiger charge is 2.14. The van der Waals surface area contributed by atoms with Crippen LogP contribution in [0.25, 0.3) is 0 Å². The average molecular weight is 272 g/mol. The van der Waals surface area contributed by atoms with E-state index in [0.29, 0.717) is 12.2 Å². The number of para-hydroxylation sites is 1. The van der Waals surface area contributed by atoms with Crippen LogP contribution in [0.4, 0.5) is 5.69 Å². The first-order chi connectivity index (χ1) is 9.47. The molecule has 4 N–H and O–H groups in total. The molecule has 0 fully saturated rings. The summed E-state index contributed by atoms with van der Waals surface area (Å²) in [5.41, 5.74) is 7.52. The second-order valence-electron chi connectivity index (χ2n) is 4.60. The molecule has 20 heavy (non-hydrogen) atoms. The molecule has 5 nitrogen and oxygen atoms in total. The van der Waals surface area contributed by atoms with Gasteiger partial charge in [0, 0.05) is 30.9 Å². The Hall–Kier alpha value is -2.69. The molecule has 0 bridgehead atoms. The number of anilines is 1. The molecule has 0 aliphatic carbocycles. The Morgan fingerprint density at radius 1 is 1.15 bits per heavy atom. The first-order valence-electron chi connectivity index (χ1n) is 6.09. The van der Waals surface area contributed by atoms with Crippen LogP contribution in [0.3, 0.4) is 0 Å². The Labute approximate surface area is 116 Å². The number of nitrogen functional groups attached to an aromatic ring is 1. The maximum Gasteiger partial charge on any atom is 0.254 e. The van der Waals surface area contributed by atoms with Gasteiger partial charge in [0.2, 0.25) is 0 Å². The van der Waals surface area contributed by atoms with Crippen molar-refractivity contribution in [1.29, 1.82) is 0 Å². The van der Waals surface area contributed by atoms with E-state index >= 15 is 0 Å². The van der Waals surface area contributed by atoms with E-state index in [1.807, 2.05) is 18.2 Å². The third kappa shape index (κ3) is 3.00. The number of nitrogens with zero attached hydrogens (tertiary/aromatic N) is 1. The number of hydrogen-bond acceptors (Lipinski definition) is 4. The van der Waals surface area contributed by atoms with Gasteiger partial charge in [-0.3, -0.25) is 4.79 Å². The van der Waals surface area contributed by atoms with Crippen molar-refractivity contribution in [2.75, 3.05) is 12.8 Å². The molecule has 1 amide bonds. The molecule has 0 atom stereocenters. The molecule has 0 heterocycles. The van der Waals surface area contributed by atoms with Gasteiger partial charge in [-0.1, -0.05) is 18.2 Å². The molecule has 0 saturated heterocycles. The molecule has 2 aromatic rings. The number of carbonyl (C=O) groups excluding carboxylic acids is 1. The zero-order valence-electron chi connectivity index (χ0n) is 11.1. The molecule has 0 saturated carbocycles. The minimum Gasteiger partial charge on any atom is -0.508 e. The highest BCUT2D eigenvalue weighted by atomic mass is 16.3. The molecule has 104 valence electrons. The van der Waals surface area contributed by atoms with Gasteiger partial charge < -0.3 is 20.8 Å². The number of amides is 1. The van der Waals surface area contributed by atoms with Crippen LogP contribution in [0.1, 0.15) is 15.9 Å². The summed E-state index contributed by atoms with van der Waals surface area (Å²) in [6.45, 7) is 0.349. The SMILES string of the molecule is CN(Cc1ccccc1N)C(=O)c1cc(O)cc(O)c1. The van der Waals surface area contributed by atoms with E-state index in [0.717, 1.165) is 5.56 Å². The van der Waals surface area contributed by atoms with Gasteiger partial charge in [-0.2, -0.15) is 0 Å². The maximum atomic E-state index is 12.2. The molecular formula is C15H16N2O3. The van der Waals surface area contributed by atoms with E-state index in [-0.39, 0.29) is 23.0 Å². The van der Waals surface area contributed by atoms with Crippen LogP contribution in [-0.4, -0.2) is 28.1 Å². The van der Waals surface area contributed by atoms with E-state index in [4.69, 9.17) is 5.73 Å². The Balaban J connectivity index is 2.18. The highest BCUT2D eigenvalue weighted by Crippen LogP contribution is 2.22. The Morgan fingerprint density at radius 2 is 1.75 bits per heavy atom. The maximum absolute atomic E-state index is 12.2. The van der Waals surface area contributed by atoms with Crippen LogP contribution in [0.15, 0.2) is 42.5 Å². The largest absolute Gasteiger partial charge is 0.508 e. The molecule has 2 rings (SSSR count). The van der Waals surface area contributed by atoms with Gasteiger partial charge >= 0.3 is 0 Å². The van der Waals surface area contributed by atoms with Crippen molar-refractivity contribution in [3.05, 3.63) is 53.6 Å². The van der Waals surface area contributed by atoms with Crippen molar-refractivity contribution < 1.29 is 15.0 Å². The number of aromatic hydroxyl groups is 2. The van der Waals surface area contributed by atoms with Crippen molar-refractivity contribution in [1.82, 2.24) is 4.90 Å². The fraction of sp³-hybridized carbons (Fsp3) is 0.133. The quantitative estimate of drug-likeness (QED) is 0.745. The van der Waals surface area contributed by atoms with Crippen LogP contribution < -0.4 is 5.73 Å². The van der Waals surface area contributed by atoms with E-state index in [9.17, 15) is 15.0 Å². The highest BCUT2D eigenvalue weighted by molar-refractivity contribution is 5.94. The zero-order valence-corrected chi connectivity index (χ0v) is 11.1. The van der Waals surface area contributed by atoms with Crippen molar-refractivity contribution >= 4 is 11.6 Å². The summed E-state index contributed by atoms with van der Waals surface area (Å²) in [4.78, 5) is 13.7. The molecule has 2 aromatic carbocycles. The summed E-state index contributed by atoms with van der Waals surface area (Å²) in [5.74, 6) is -0.610. The van der Waals surface area contributed by atoms with Gasteiger partial charge in [-0.25, -0.2) is 0 Å². The number of rotatable bonds is 3. The fourth-order valence-corrected chi connectivity index (χ4v) is 1.94. The van der Waals surface area contributed by atoms with Gasteiger partial charge in [0.1, 0.15) is 11.5 Å². The topological polar surface area (TPSA) is 86.8 Å². The summed E-state index contributed by atoms with van der Waals surface area (Å²) < 4.78 is 0. The second kappa shape index (κ2) is 5.52. The smallest absolute Gasteiger partial charge is 0.254 e. The van der Waals surface area contributed by atoms with E-state index in [1.54, 1.807) is 13.1 Å². The van der Waals surface area contributed by atoms with Crippen molar-refractivity contribution in [3.8, 4) is 11.5 Å². The Bertz CT molecular complexity index is 621. The van der Waals surface area contributed by atoms with E-state index in [2.05, 4.69) is 0 Å². The van der Waals surface area contributed by atoms with Gasteiger partial charge in [-0.15, -0.1) is 0 Å². The van der Waals surface area contributed by atoms with Crippen LogP contribution in [-0.2, 0) is 6.54 Å². The summed E-state index contributed by atoms with van der Waals surface area (Å²) in [6, 6.07) is 11.1. The lowest BCUT2D eigenvalue weighted by molar-refractivity contribution is 0.0784. The third-order valence-electron chi connectivity index (χ3n) is 2.96. The number of benzene rings is 2. The number of nitrogens with two attached hydrogens (primary N) is 1. The standard InChI is InChI=1S/C15H16N2O3/c1-17(9-10-4-2-3-5-14(10)16)15(20)11-6-12(18)8-13(19)7-11/h2-8,18-19H,9,16H2,1H3. The van der Waals surface area contributed by atoms with Gasteiger partial charge in [0.05, 0.1) is 0 Å². The first-order valence-corrected chi connectivity index (χ1v) is 6.09. The van der Waals surface area contributed by atoms with Crippen LogP contribution >= 0.6 is 0 Å². The lowest BCUT2D eigenvalue weighted by Crippen LogP contribution is -2.26. The molecule has 0 radical (unpaired) electrons. The third-order valence-corrected chi connectivity index (χ3v) is 2.96. The van der Waals surface area contributed by atoms with Gasteiger partial charge in [-0.05, 0) is 23.8 Å². The molecule has 0 aromatic heterocycles. The zero-order chi connectivity index (χ0) is 14.7. The lowest BCUT2D eigenvalue weighted by Gasteiger charge is -2.18. The first kappa shape index (κ1) is 13.7. The Morgan fingerprint density at radius 3 is 2.35 bits per heavy atom. The summed E-state index contributed by atoms with van der Waals surface area (Å²) >= 11 is 0. The van der Waals surface area contributed by atoms with Gasteiger partial charge in [0.15, 0.2) is 0 Å². The molecule has 5 heteroatoms. The van der Waals surface area contributed by atoms with Crippen LogP contribution in [0.5, 0.6) is 11.5 Å². The molecule has 0 aliphatic heterocycles. The van der Waals surface area contributed by atoms with Crippen LogP contribution in [0.2, 0.25) is 0 Å². The van der Waals surface area contributed by atoms with Crippen molar-refractivity contribution in [3.63, 3.8) is 0 Å². The molecular weight excluding hydrogens is 256 g/mol. The number of carbonyl (C=O) groups is 1. The fourth-order valence-electron chi connectivity index (χ4n) is 1.94. The summed E-state index contributed by atoms with van der Waals surface area (Å²) in [7, 11) is 1.63. The molecule has 0 unspecified atom stereocenters. The van der Waals surface area contributed by atoms with E-state index in [1.165, 1.54) is 23.1 Å². The minimum atomic E-state index is -0.306. The lowest BCUT2D eigenvalue weighted by atomic mass is 10.1. The molecule has 0 spiro atoms. The Kier molecular flexibility index (Phi) is 3.79. The average Bonchev–Trinajstić information content (AvgIpc) is 2.39. The van der Waals surface area contributed by atoms with Crippen molar-refractivity contribution in [2.45, 2.75) is 6.54 Å². The van der Waals surface area contributed by atoms with Crippen molar-refractivity contribution in [2.24, 2.45) is 0 Å². The minimum absolute atomic E-state index is 0.152. The normalized spacial score (nSPS) is 10.2.